The Labute approximate surface area is 186 Å². The van der Waals surface area contributed by atoms with Gasteiger partial charge in [-0.2, -0.15) is 0 Å². The molecule has 0 aromatic rings. The Bertz CT molecular complexity index is 294. The van der Waals surface area contributed by atoms with Gasteiger partial charge >= 0.3 is 0 Å². The molecule has 0 aromatic carbocycles. The van der Waals surface area contributed by atoms with Crippen LogP contribution in [0.25, 0.3) is 0 Å². The lowest BCUT2D eigenvalue weighted by atomic mass is 10.3. The first kappa shape index (κ1) is 29.6. The van der Waals surface area contributed by atoms with Crippen molar-refractivity contribution in [3.8, 4) is 0 Å². The van der Waals surface area contributed by atoms with Crippen LogP contribution < -0.4 is 34.0 Å². The summed E-state index contributed by atoms with van der Waals surface area (Å²) < 4.78 is 0. The quantitative estimate of drug-likeness (QED) is 0.0975. The second kappa shape index (κ2) is 23.3. The second-order valence-electron chi connectivity index (χ2n) is 7.99. The Morgan fingerprint density at radius 3 is 1.03 bits per heavy atom. The van der Waals surface area contributed by atoms with Crippen molar-refractivity contribution in [2.45, 2.75) is 32.1 Å². The van der Waals surface area contributed by atoms with E-state index < -0.39 is 0 Å². The van der Waals surface area contributed by atoms with E-state index in [1.165, 1.54) is 0 Å². The van der Waals surface area contributed by atoms with Crippen molar-refractivity contribution in [2.24, 2.45) is 28.7 Å². The summed E-state index contributed by atoms with van der Waals surface area (Å²) in [7, 11) is 0. The topological polar surface area (TPSA) is 152 Å². The third kappa shape index (κ3) is 18.4. The van der Waals surface area contributed by atoms with Crippen LogP contribution in [-0.2, 0) is 0 Å². The van der Waals surface area contributed by atoms with Gasteiger partial charge in [0.2, 0.25) is 0 Å². The highest BCUT2D eigenvalue weighted by Crippen LogP contribution is 1.99. The van der Waals surface area contributed by atoms with E-state index >= 15 is 0 Å². The molecule has 30 heavy (non-hydrogen) atoms. The Kier molecular flexibility index (Phi) is 23.0. The molecule has 0 aliphatic rings. The van der Waals surface area contributed by atoms with Crippen molar-refractivity contribution in [2.75, 3.05) is 105 Å². The van der Waals surface area contributed by atoms with Crippen molar-refractivity contribution < 1.29 is 0 Å². The van der Waals surface area contributed by atoms with Gasteiger partial charge in [0.1, 0.15) is 0 Å². The fourth-order valence-electron chi connectivity index (χ4n) is 3.42. The summed E-state index contributed by atoms with van der Waals surface area (Å²) in [6.07, 6.45) is 5.18. The molecule has 0 saturated carbocycles. The summed E-state index contributed by atoms with van der Waals surface area (Å²) in [4.78, 5) is 7.59. The third-order valence-electron chi connectivity index (χ3n) is 5.34. The summed E-state index contributed by atoms with van der Waals surface area (Å²) in [5, 5.41) is 3.51. The van der Waals surface area contributed by atoms with Gasteiger partial charge in [-0.1, -0.05) is 0 Å². The maximum atomic E-state index is 5.73. The van der Waals surface area contributed by atoms with Crippen LogP contribution in [0.1, 0.15) is 32.1 Å². The van der Waals surface area contributed by atoms with Gasteiger partial charge in [0.05, 0.1) is 0 Å². The van der Waals surface area contributed by atoms with Crippen molar-refractivity contribution in [1.82, 2.24) is 20.0 Å². The van der Waals surface area contributed by atoms with Gasteiger partial charge in [-0.3, -0.25) is 4.90 Å². The number of hydrogen-bond donors (Lipinski definition) is 6. The molecular weight excluding hydrogens is 378 g/mol. The second-order valence-corrected chi connectivity index (χ2v) is 7.99. The summed E-state index contributed by atoms with van der Waals surface area (Å²) >= 11 is 0. The Morgan fingerprint density at radius 2 is 0.700 bits per heavy atom. The van der Waals surface area contributed by atoms with E-state index in [0.717, 1.165) is 137 Å². The molecule has 9 heteroatoms. The summed E-state index contributed by atoms with van der Waals surface area (Å²) in [5.41, 5.74) is 28.5. The first-order valence-corrected chi connectivity index (χ1v) is 12.1. The minimum Gasteiger partial charge on any atom is -0.330 e. The Balaban J connectivity index is 4.62. The molecule has 0 rings (SSSR count). The van der Waals surface area contributed by atoms with E-state index in [-0.39, 0.29) is 0 Å². The van der Waals surface area contributed by atoms with Crippen LogP contribution in [-0.4, -0.2) is 119 Å². The molecular formula is C21H53N9. The zero-order valence-corrected chi connectivity index (χ0v) is 19.6. The van der Waals surface area contributed by atoms with Crippen LogP contribution >= 0.6 is 0 Å². The van der Waals surface area contributed by atoms with E-state index in [1.54, 1.807) is 0 Å². The van der Waals surface area contributed by atoms with E-state index in [1.807, 2.05) is 0 Å². The smallest absolute Gasteiger partial charge is 0.0110 e. The third-order valence-corrected chi connectivity index (χ3v) is 5.34. The predicted molar refractivity (Wildman–Crippen MR) is 131 cm³/mol. The number of rotatable bonds is 24. The molecule has 0 aliphatic heterocycles. The molecule has 0 fully saturated rings. The summed E-state index contributed by atoms with van der Waals surface area (Å²) in [5.74, 6) is 0. The first-order chi connectivity index (χ1) is 14.7. The highest BCUT2D eigenvalue weighted by atomic mass is 15.2. The van der Waals surface area contributed by atoms with Crippen LogP contribution in [0.2, 0.25) is 0 Å². The van der Waals surface area contributed by atoms with E-state index in [9.17, 15) is 0 Å². The number of hydrogen-bond acceptors (Lipinski definition) is 9. The largest absolute Gasteiger partial charge is 0.330 e. The molecule has 0 radical (unpaired) electrons. The molecule has 0 heterocycles. The maximum Gasteiger partial charge on any atom is 0.0110 e. The number of nitrogens with two attached hydrogens (primary N) is 5. The van der Waals surface area contributed by atoms with Crippen molar-refractivity contribution >= 4 is 0 Å². The predicted octanol–water partition coefficient (Wildman–Crippen LogP) is -1.77. The van der Waals surface area contributed by atoms with Crippen LogP contribution in [0.15, 0.2) is 0 Å². The van der Waals surface area contributed by atoms with Crippen molar-refractivity contribution in [3.63, 3.8) is 0 Å². The number of nitrogens with one attached hydrogen (secondary N) is 1. The molecule has 0 bridgehead atoms. The van der Waals surface area contributed by atoms with Crippen molar-refractivity contribution in [3.05, 3.63) is 0 Å². The molecule has 182 valence electrons. The first-order valence-electron chi connectivity index (χ1n) is 12.1. The van der Waals surface area contributed by atoms with E-state index in [4.69, 9.17) is 28.7 Å². The standard InChI is InChI=1S/C21H53N9/c22-6-1-11-27-12-17-30(20-18-28(13-2-7-23)14-3-8-24)21-19-29(15-4-9-25)16-5-10-26/h27H,1-26H2. The molecule has 9 nitrogen and oxygen atoms in total. The lowest BCUT2D eigenvalue weighted by molar-refractivity contribution is 0.173. The molecule has 0 atom stereocenters. The SMILES string of the molecule is NCCCNCCN(CCN(CCCN)CCCN)CCN(CCCN)CCCN. The molecule has 0 amide bonds. The molecule has 0 aromatic heterocycles. The number of nitrogens with zero attached hydrogens (tertiary/aromatic N) is 3. The Morgan fingerprint density at radius 1 is 0.367 bits per heavy atom. The Hall–Kier alpha value is -0.360. The zero-order valence-electron chi connectivity index (χ0n) is 19.6. The van der Waals surface area contributed by atoms with Gasteiger partial charge in [0, 0.05) is 39.3 Å². The lowest BCUT2D eigenvalue weighted by Gasteiger charge is -2.30. The van der Waals surface area contributed by atoms with Gasteiger partial charge in [-0.25, -0.2) is 0 Å². The highest BCUT2D eigenvalue weighted by Gasteiger charge is 2.11. The maximum absolute atomic E-state index is 5.73. The lowest BCUT2D eigenvalue weighted by Crippen LogP contribution is -2.43. The van der Waals surface area contributed by atoms with Gasteiger partial charge in [0.15, 0.2) is 0 Å². The normalized spacial score (nSPS) is 12.0. The van der Waals surface area contributed by atoms with E-state index in [2.05, 4.69) is 20.0 Å². The van der Waals surface area contributed by atoms with Gasteiger partial charge < -0.3 is 43.8 Å². The van der Waals surface area contributed by atoms with Crippen LogP contribution in [0, 0.1) is 0 Å². The van der Waals surface area contributed by atoms with Crippen LogP contribution in [0.5, 0.6) is 0 Å². The van der Waals surface area contributed by atoms with Crippen LogP contribution in [0.4, 0.5) is 0 Å². The monoisotopic (exact) mass is 431 g/mol. The molecule has 11 N–H and O–H groups in total. The summed E-state index contributed by atoms with van der Waals surface area (Å²) in [6.45, 7) is 15.2. The fraction of sp³-hybridized carbons (Fsp3) is 1.00. The summed E-state index contributed by atoms with van der Waals surface area (Å²) in [6, 6.07) is 0. The fourth-order valence-corrected chi connectivity index (χ4v) is 3.42. The average molecular weight is 432 g/mol. The molecule has 0 aliphatic carbocycles. The van der Waals surface area contributed by atoms with Gasteiger partial charge in [-0.05, 0) is 97.6 Å². The van der Waals surface area contributed by atoms with Crippen molar-refractivity contribution in [1.29, 1.82) is 0 Å². The van der Waals surface area contributed by atoms with Gasteiger partial charge in [0.25, 0.3) is 0 Å². The molecule has 0 saturated heterocycles. The van der Waals surface area contributed by atoms with Gasteiger partial charge in [-0.15, -0.1) is 0 Å². The highest BCUT2D eigenvalue weighted by molar-refractivity contribution is 4.69. The van der Waals surface area contributed by atoms with Crippen LogP contribution in [0.3, 0.4) is 0 Å². The minimum atomic E-state index is 0.741. The minimum absolute atomic E-state index is 0.741. The zero-order chi connectivity index (χ0) is 22.3. The molecule has 0 unspecified atom stereocenters. The average Bonchev–Trinajstić information content (AvgIpc) is 2.76. The van der Waals surface area contributed by atoms with E-state index in [0.29, 0.717) is 0 Å². The molecule has 0 spiro atoms.